The summed E-state index contributed by atoms with van der Waals surface area (Å²) in [7, 11) is -2.54. The SMILES string of the molecule is CNS(=O)(=O)c1ccc(NCc2ccc(F)cc2)c([N+](=O)[O-])c1. The van der Waals surface area contributed by atoms with Gasteiger partial charge in [-0.05, 0) is 36.9 Å². The molecule has 7 nitrogen and oxygen atoms in total. The summed E-state index contributed by atoms with van der Waals surface area (Å²) in [6, 6.07) is 9.25. The Labute approximate surface area is 132 Å². The Bertz CT molecular complexity index is 822. The van der Waals surface area contributed by atoms with E-state index < -0.39 is 14.9 Å². The first-order valence-electron chi connectivity index (χ1n) is 6.54. The summed E-state index contributed by atoms with van der Waals surface area (Å²) in [5.41, 5.74) is 0.547. The minimum absolute atomic E-state index is 0.175. The third kappa shape index (κ3) is 4.02. The van der Waals surface area contributed by atoms with Crippen molar-refractivity contribution in [2.45, 2.75) is 11.4 Å². The van der Waals surface area contributed by atoms with Gasteiger partial charge in [-0.1, -0.05) is 12.1 Å². The van der Waals surface area contributed by atoms with Gasteiger partial charge in [0.25, 0.3) is 5.69 Å². The van der Waals surface area contributed by atoms with E-state index in [0.29, 0.717) is 0 Å². The molecule has 0 heterocycles. The maximum Gasteiger partial charge on any atom is 0.293 e. The predicted octanol–water partition coefficient (Wildman–Crippen LogP) is 2.25. The summed E-state index contributed by atoms with van der Waals surface area (Å²) in [4.78, 5) is 10.3. The van der Waals surface area contributed by atoms with Crippen LogP contribution in [0, 0.1) is 15.9 Å². The Morgan fingerprint density at radius 3 is 2.39 bits per heavy atom. The molecule has 0 saturated heterocycles. The van der Waals surface area contributed by atoms with Crippen molar-refractivity contribution < 1.29 is 17.7 Å². The number of nitro benzene ring substituents is 1. The lowest BCUT2D eigenvalue weighted by atomic mass is 10.2. The number of benzene rings is 2. The van der Waals surface area contributed by atoms with Gasteiger partial charge in [-0.15, -0.1) is 0 Å². The Balaban J connectivity index is 2.28. The van der Waals surface area contributed by atoms with E-state index in [1.165, 1.54) is 31.3 Å². The fraction of sp³-hybridized carbons (Fsp3) is 0.143. The quantitative estimate of drug-likeness (QED) is 0.621. The highest BCUT2D eigenvalue weighted by Crippen LogP contribution is 2.28. The van der Waals surface area contributed by atoms with Crippen LogP contribution in [0.1, 0.15) is 5.56 Å². The number of sulfonamides is 1. The highest BCUT2D eigenvalue weighted by molar-refractivity contribution is 7.89. The molecule has 2 rings (SSSR count). The lowest BCUT2D eigenvalue weighted by molar-refractivity contribution is -0.384. The normalized spacial score (nSPS) is 11.2. The minimum atomic E-state index is -3.77. The van der Waals surface area contributed by atoms with Crippen molar-refractivity contribution in [2.24, 2.45) is 0 Å². The van der Waals surface area contributed by atoms with Crippen LogP contribution in [0.2, 0.25) is 0 Å². The van der Waals surface area contributed by atoms with Crippen LogP contribution in [-0.2, 0) is 16.6 Å². The van der Waals surface area contributed by atoms with Gasteiger partial charge in [0.2, 0.25) is 10.0 Å². The summed E-state index contributed by atoms with van der Waals surface area (Å²) in [5.74, 6) is -0.374. The third-order valence-electron chi connectivity index (χ3n) is 3.14. The van der Waals surface area contributed by atoms with Gasteiger partial charge in [0.05, 0.1) is 9.82 Å². The summed E-state index contributed by atoms with van der Waals surface area (Å²) in [5, 5.41) is 14.0. The van der Waals surface area contributed by atoms with Crippen molar-refractivity contribution in [3.63, 3.8) is 0 Å². The number of nitrogens with one attached hydrogen (secondary N) is 2. The molecule has 2 aromatic rings. The molecular formula is C14H14FN3O4S. The smallest absolute Gasteiger partial charge is 0.293 e. The molecule has 0 radical (unpaired) electrons. The van der Waals surface area contributed by atoms with Gasteiger partial charge < -0.3 is 5.32 Å². The zero-order valence-corrected chi connectivity index (χ0v) is 12.9. The van der Waals surface area contributed by atoms with E-state index >= 15 is 0 Å². The molecule has 23 heavy (non-hydrogen) atoms. The van der Waals surface area contributed by atoms with E-state index in [9.17, 15) is 22.9 Å². The van der Waals surface area contributed by atoms with Gasteiger partial charge >= 0.3 is 0 Å². The van der Waals surface area contributed by atoms with Crippen LogP contribution < -0.4 is 10.0 Å². The molecule has 0 spiro atoms. The predicted molar refractivity (Wildman–Crippen MR) is 83.1 cm³/mol. The molecule has 9 heteroatoms. The zero-order valence-electron chi connectivity index (χ0n) is 12.1. The number of nitrogens with zero attached hydrogens (tertiary/aromatic N) is 1. The maximum absolute atomic E-state index is 12.8. The summed E-state index contributed by atoms with van der Waals surface area (Å²) in [6.07, 6.45) is 0. The first-order chi connectivity index (χ1) is 10.8. The molecule has 122 valence electrons. The van der Waals surface area contributed by atoms with Crippen LogP contribution in [0.25, 0.3) is 0 Å². The Hall–Kier alpha value is -2.52. The highest BCUT2D eigenvalue weighted by Gasteiger charge is 2.20. The van der Waals surface area contributed by atoms with Crippen molar-refractivity contribution in [2.75, 3.05) is 12.4 Å². The van der Waals surface area contributed by atoms with Crippen LogP contribution in [0.3, 0.4) is 0 Å². The van der Waals surface area contributed by atoms with E-state index in [4.69, 9.17) is 0 Å². The van der Waals surface area contributed by atoms with Crippen LogP contribution in [-0.4, -0.2) is 20.4 Å². The second kappa shape index (κ2) is 6.71. The van der Waals surface area contributed by atoms with E-state index in [1.807, 2.05) is 0 Å². The Morgan fingerprint density at radius 2 is 1.83 bits per heavy atom. The van der Waals surface area contributed by atoms with Gasteiger partial charge in [-0.25, -0.2) is 17.5 Å². The van der Waals surface area contributed by atoms with E-state index in [0.717, 1.165) is 11.6 Å². The molecular weight excluding hydrogens is 325 g/mol. The zero-order chi connectivity index (χ0) is 17.0. The van der Waals surface area contributed by atoms with E-state index in [2.05, 4.69) is 10.0 Å². The van der Waals surface area contributed by atoms with Crippen LogP contribution in [0.15, 0.2) is 47.4 Å². The number of nitro groups is 1. The summed E-state index contributed by atoms with van der Waals surface area (Å²) >= 11 is 0. The molecule has 0 bridgehead atoms. The molecule has 2 aromatic carbocycles. The van der Waals surface area contributed by atoms with Crippen molar-refractivity contribution in [3.05, 3.63) is 64.0 Å². The number of rotatable bonds is 6. The first-order valence-corrected chi connectivity index (χ1v) is 8.02. The van der Waals surface area contributed by atoms with Crippen LogP contribution in [0.4, 0.5) is 15.8 Å². The Morgan fingerprint density at radius 1 is 1.17 bits per heavy atom. The molecule has 0 aliphatic heterocycles. The average molecular weight is 339 g/mol. The topological polar surface area (TPSA) is 101 Å². The van der Waals surface area contributed by atoms with Gasteiger partial charge in [-0.2, -0.15) is 0 Å². The van der Waals surface area contributed by atoms with Crippen LogP contribution >= 0.6 is 0 Å². The second-order valence-electron chi connectivity index (χ2n) is 4.62. The molecule has 2 N–H and O–H groups in total. The molecule has 0 atom stereocenters. The molecule has 0 aliphatic carbocycles. The van der Waals surface area contributed by atoms with Crippen molar-refractivity contribution in [1.82, 2.24) is 4.72 Å². The fourth-order valence-corrected chi connectivity index (χ4v) is 2.65. The van der Waals surface area contributed by atoms with Crippen molar-refractivity contribution in [1.29, 1.82) is 0 Å². The van der Waals surface area contributed by atoms with Crippen LogP contribution in [0.5, 0.6) is 0 Å². The standard InChI is InChI=1S/C14H14FN3O4S/c1-16-23(21,22)12-6-7-13(14(8-12)18(19)20)17-9-10-2-4-11(15)5-3-10/h2-8,16-17H,9H2,1H3. The molecule has 0 fully saturated rings. The van der Waals surface area contributed by atoms with Gasteiger partial charge in [0.15, 0.2) is 0 Å². The number of halogens is 1. The average Bonchev–Trinajstić information content (AvgIpc) is 2.54. The molecule has 0 unspecified atom stereocenters. The lowest BCUT2D eigenvalue weighted by Crippen LogP contribution is -2.18. The van der Waals surface area contributed by atoms with Gasteiger partial charge in [0.1, 0.15) is 11.5 Å². The summed E-state index contributed by atoms with van der Waals surface area (Å²) < 4.78 is 38.4. The van der Waals surface area contributed by atoms with Gasteiger partial charge in [-0.3, -0.25) is 10.1 Å². The van der Waals surface area contributed by atoms with E-state index in [-0.39, 0.29) is 28.6 Å². The van der Waals surface area contributed by atoms with Crippen molar-refractivity contribution >= 4 is 21.4 Å². The molecule has 0 saturated carbocycles. The third-order valence-corrected chi connectivity index (χ3v) is 4.55. The molecule has 0 aromatic heterocycles. The summed E-state index contributed by atoms with van der Waals surface area (Å²) in [6.45, 7) is 0.235. The second-order valence-corrected chi connectivity index (χ2v) is 6.51. The number of hydrogen-bond donors (Lipinski definition) is 2. The van der Waals surface area contributed by atoms with Crippen molar-refractivity contribution in [3.8, 4) is 0 Å². The molecule has 0 amide bonds. The number of anilines is 1. The Kier molecular flexibility index (Phi) is 4.92. The minimum Gasteiger partial charge on any atom is -0.375 e. The van der Waals surface area contributed by atoms with E-state index in [1.54, 1.807) is 12.1 Å². The fourth-order valence-electron chi connectivity index (χ4n) is 1.90. The monoisotopic (exact) mass is 339 g/mol. The first kappa shape index (κ1) is 16.8. The highest BCUT2D eigenvalue weighted by atomic mass is 32.2. The van der Waals surface area contributed by atoms with Gasteiger partial charge in [0, 0.05) is 12.6 Å². The lowest BCUT2D eigenvalue weighted by Gasteiger charge is -2.09. The molecule has 0 aliphatic rings. The largest absolute Gasteiger partial charge is 0.375 e. The number of hydrogen-bond acceptors (Lipinski definition) is 5. The maximum atomic E-state index is 12.8.